The third-order valence-corrected chi connectivity index (χ3v) is 2.77. The minimum atomic E-state index is 0.306. The molecule has 0 fully saturated rings. The van der Waals surface area contributed by atoms with Gasteiger partial charge in [0.1, 0.15) is 0 Å². The van der Waals surface area contributed by atoms with Crippen molar-refractivity contribution in [2.24, 2.45) is 0 Å². The van der Waals surface area contributed by atoms with Gasteiger partial charge in [-0.25, -0.2) is 0 Å². The van der Waals surface area contributed by atoms with Gasteiger partial charge < -0.3 is 10.1 Å². The van der Waals surface area contributed by atoms with Gasteiger partial charge in [-0.15, -0.1) is 0 Å². The first-order valence-corrected chi connectivity index (χ1v) is 6.17. The number of rotatable bonds is 7. The summed E-state index contributed by atoms with van der Waals surface area (Å²) in [6.45, 7) is 8.10. The fraction of sp³-hybridized carbons (Fsp3) is 0.571. The monoisotopic (exact) mass is 221 g/mol. The van der Waals surface area contributed by atoms with Crippen LogP contribution in [0.1, 0.15) is 38.8 Å². The minimum Gasteiger partial charge on any atom is -0.377 e. The molecule has 0 spiro atoms. The van der Waals surface area contributed by atoms with Crippen LogP contribution in [0.2, 0.25) is 0 Å². The van der Waals surface area contributed by atoms with Gasteiger partial charge in [0.2, 0.25) is 0 Å². The van der Waals surface area contributed by atoms with Crippen LogP contribution < -0.4 is 5.32 Å². The van der Waals surface area contributed by atoms with Gasteiger partial charge in [0.05, 0.1) is 18.8 Å². The first-order chi connectivity index (χ1) is 7.77. The molecule has 1 rings (SSSR count). The van der Waals surface area contributed by atoms with E-state index in [4.69, 9.17) is 4.74 Å². The summed E-state index contributed by atoms with van der Waals surface area (Å²) in [5.41, 5.74) is 1.30. The second-order valence-corrected chi connectivity index (χ2v) is 4.07. The molecule has 2 atom stereocenters. The van der Waals surface area contributed by atoms with Gasteiger partial charge in [0.25, 0.3) is 0 Å². The second-order valence-electron chi connectivity index (χ2n) is 4.07. The van der Waals surface area contributed by atoms with Crippen molar-refractivity contribution in [1.29, 1.82) is 0 Å². The van der Waals surface area contributed by atoms with Crippen molar-refractivity contribution < 1.29 is 4.74 Å². The van der Waals surface area contributed by atoms with Crippen LogP contribution in [-0.4, -0.2) is 19.3 Å². The SMILES string of the molecule is CCNC(COC(C)CC)c1ccccc1. The van der Waals surface area contributed by atoms with Crippen molar-refractivity contribution in [3.05, 3.63) is 35.9 Å². The zero-order valence-electron chi connectivity index (χ0n) is 10.6. The summed E-state index contributed by atoms with van der Waals surface area (Å²) >= 11 is 0. The van der Waals surface area contributed by atoms with Crippen LogP contribution in [0.4, 0.5) is 0 Å². The summed E-state index contributed by atoms with van der Waals surface area (Å²) in [5.74, 6) is 0. The molecule has 0 saturated heterocycles. The highest BCUT2D eigenvalue weighted by Crippen LogP contribution is 2.13. The lowest BCUT2D eigenvalue weighted by Crippen LogP contribution is -2.27. The lowest BCUT2D eigenvalue weighted by atomic mass is 10.1. The molecule has 0 aliphatic heterocycles. The van der Waals surface area contributed by atoms with Gasteiger partial charge in [-0.2, -0.15) is 0 Å². The van der Waals surface area contributed by atoms with Gasteiger partial charge in [-0.3, -0.25) is 0 Å². The fourth-order valence-corrected chi connectivity index (χ4v) is 1.58. The van der Waals surface area contributed by atoms with Crippen LogP contribution in [-0.2, 0) is 4.74 Å². The Bertz CT molecular complexity index is 273. The standard InChI is InChI=1S/C14H23NO/c1-4-12(3)16-11-14(15-5-2)13-9-7-6-8-10-13/h6-10,12,14-15H,4-5,11H2,1-3H3. The van der Waals surface area contributed by atoms with E-state index >= 15 is 0 Å². The highest BCUT2D eigenvalue weighted by molar-refractivity contribution is 5.18. The number of nitrogens with one attached hydrogen (secondary N) is 1. The minimum absolute atomic E-state index is 0.306. The summed E-state index contributed by atoms with van der Waals surface area (Å²) in [6.07, 6.45) is 1.40. The Morgan fingerprint density at radius 3 is 2.44 bits per heavy atom. The molecule has 2 unspecified atom stereocenters. The van der Waals surface area contributed by atoms with Crippen LogP contribution in [0.15, 0.2) is 30.3 Å². The van der Waals surface area contributed by atoms with E-state index in [2.05, 4.69) is 50.4 Å². The molecule has 0 saturated carbocycles. The number of hydrogen-bond acceptors (Lipinski definition) is 2. The Hall–Kier alpha value is -0.860. The second kappa shape index (κ2) is 7.42. The molecule has 0 aliphatic carbocycles. The molecule has 0 heterocycles. The van der Waals surface area contributed by atoms with Crippen LogP contribution in [0.3, 0.4) is 0 Å². The summed E-state index contributed by atoms with van der Waals surface area (Å²) < 4.78 is 5.80. The predicted octanol–water partition coefficient (Wildman–Crippen LogP) is 3.15. The number of ether oxygens (including phenoxy) is 1. The highest BCUT2D eigenvalue weighted by atomic mass is 16.5. The largest absolute Gasteiger partial charge is 0.377 e. The Morgan fingerprint density at radius 1 is 1.19 bits per heavy atom. The maximum atomic E-state index is 5.80. The van der Waals surface area contributed by atoms with E-state index in [1.54, 1.807) is 0 Å². The van der Waals surface area contributed by atoms with Crippen molar-refractivity contribution in [1.82, 2.24) is 5.32 Å². The molecule has 0 aromatic heterocycles. The van der Waals surface area contributed by atoms with E-state index in [-0.39, 0.29) is 0 Å². The molecular formula is C14H23NO. The quantitative estimate of drug-likeness (QED) is 0.763. The molecule has 2 heteroatoms. The van der Waals surface area contributed by atoms with E-state index in [0.29, 0.717) is 12.1 Å². The van der Waals surface area contributed by atoms with Crippen molar-refractivity contribution in [3.8, 4) is 0 Å². The molecule has 0 radical (unpaired) electrons. The Morgan fingerprint density at radius 2 is 1.88 bits per heavy atom. The van der Waals surface area contributed by atoms with Crippen molar-refractivity contribution in [3.63, 3.8) is 0 Å². The van der Waals surface area contributed by atoms with E-state index in [9.17, 15) is 0 Å². The zero-order valence-corrected chi connectivity index (χ0v) is 10.6. The molecule has 90 valence electrons. The van der Waals surface area contributed by atoms with E-state index in [1.807, 2.05) is 6.07 Å². The lowest BCUT2D eigenvalue weighted by Gasteiger charge is -2.20. The molecule has 1 aromatic rings. The number of benzene rings is 1. The molecule has 16 heavy (non-hydrogen) atoms. The maximum absolute atomic E-state index is 5.80. The topological polar surface area (TPSA) is 21.3 Å². The van der Waals surface area contributed by atoms with Crippen molar-refractivity contribution in [2.45, 2.75) is 39.3 Å². The normalized spacial score (nSPS) is 14.7. The zero-order chi connectivity index (χ0) is 11.8. The highest BCUT2D eigenvalue weighted by Gasteiger charge is 2.11. The maximum Gasteiger partial charge on any atom is 0.0665 e. The summed E-state index contributed by atoms with van der Waals surface area (Å²) in [7, 11) is 0. The van der Waals surface area contributed by atoms with E-state index in [1.165, 1.54) is 5.56 Å². The first-order valence-electron chi connectivity index (χ1n) is 6.17. The summed E-state index contributed by atoms with van der Waals surface area (Å²) in [5, 5.41) is 3.45. The molecule has 1 aromatic carbocycles. The van der Waals surface area contributed by atoms with Crippen molar-refractivity contribution >= 4 is 0 Å². The predicted molar refractivity (Wildman–Crippen MR) is 68.6 cm³/mol. The summed E-state index contributed by atoms with van der Waals surface area (Å²) in [6, 6.07) is 10.8. The van der Waals surface area contributed by atoms with E-state index < -0.39 is 0 Å². The fourth-order valence-electron chi connectivity index (χ4n) is 1.58. The van der Waals surface area contributed by atoms with Gasteiger partial charge in [-0.1, -0.05) is 44.2 Å². The molecule has 0 bridgehead atoms. The third-order valence-electron chi connectivity index (χ3n) is 2.77. The average Bonchev–Trinajstić information content (AvgIpc) is 2.35. The molecule has 0 aliphatic rings. The van der Waals surface area contributed by atoms with Gasteiger partial charge in [0, 0.05) is 0 Å². The smallest absolute Gasteiger partial charge is 0.0665 e. The Labute approximate surface area is 99.0 Å². The van der Waals surface area contributed by atoms with Crippen LogP contribution >= 0.6 is 0 Å². The number of hydrogen-bond donors (Lipinski definition) is 1. The van der Waals surface area contributed by atoms with Gasteiger partial charge >= 0.3 is 0 Å². The molecule has 1 N–H and O–H groups in total. The van der Waals surface area contributed by atoms with E-state index in [0.717, 1.165) is 19.6 Å². The first kappa shape index (κ1) is 13.2. The third kappa shape index (κ3) is 4.33. The Balaban J connectivity index is 2.54. The average molecular weight is 221 g/mol. The molecular weight excluding hydrogens is 198 g/mol. The van der Waals surface area contributed by atoms with Gasteiger partial charge in [-0.05, 0) is 25.5 Å². The van der Waals surface area contributed by atoms with Crippen LogP contribution in [0.5, 0.6) is 0 Å². The summed E-state index contributed by atoms with van der Waals surface area (Å²) in [4.78, 5) is 0. The molecule has 2 nitrogen and oxygen atoms in total. The van der Waals surface area contributed by atoms with Crippen molar-refractivity contribution in [2.75, 3.05) is 13.2 Å². The van der Waals surface area contributed by atoms with Crippen LogP contribution in [0.25, 0.3) is 0 Å². The Kier molecular flexibility index (Phi) is 6.12. The lowest BCUT2D eigenvalue weighted by molar-refractivity contribution is 0.0477. The number of likely N-dealkylation sites (N-methyl/N-ethyl adjacent to an activating group) is 1. The van der Waals surface area contributed by atoms with Gasteiger partial charge in [0.15, 0.2) is 0 Å². The molecule has 0 amide bonds. The van der Waals surface area contributed by atoms with Crippen LogP contribution in [0, 0.1) is 0 Å².